The fraction of sp³-hybridized carbons (Fsp3) is 0.318. The number of hydrogen-bond donors (Lipinski definition) is 1. The molecule has 8 heteroatoms. The van der Waals surface area contributed by atoms with Crippen molar-refractivity contribution >= 4 is 23.4 Å². The second-order valence-corrected chi connectivity index (χ2v) is 7.62. The maximum absolute atomic E-state index is 12.4. The summed E-state index contributed by atoms with van der Waals surface area (Å²) in [5.74, 6) is 2.86. The lowest BCUT2D eigenvalue weighted by Crippen LogP contribution is -2.18. The molecule has 1 N–H and O–H groups in total. The fourth-order valence-electron chi connectivity index (χ4n) is 2.89. The van der Waals surface area contributed by atoms with Gasteiger partial charge in [0, 0.05) is 18.0 Å². The molecule has 2 aromatic carbocycles. The standard InChI is InChI=1S/C22H26N4O3S/c1-4-26-20(15-21(27)23-19-8-6-5-7-16(19)2)24-25-22(26)30-14-13-29-18-11-9-17(28-3)10-12-18/h5-12H,4,13-15H2,1-3H3,(H,23,27). The summed E-state index contributed by atoms with van der Waals surface area (Å²) in [4.78, 5) is 12.4. The van der Waals surface area contributed by atoms with Gasteiger partial charge in [0.15, 0.2) is 5.16 Å². The van der Waals surface area contributed by atoms with Gasteiger partial charge in [-0.3, -0.25) is 4.79 Å². The second kappa shape index (κ2) is 10.7. The highest BCUT2D eigenvalue weighted by molar-refractivity contribution is 7.99. The number of aryl methyl sites for hydroxylation is 1. The number of carbonyl (C=O) groups is 1. The third kappa shape index (κ3) is 5.76. The van der Waals surface area contributed by atoms with E-state index in [1.54, 1.807) is 18.9 Å². The van der Waals surface area contributed by atoms with E-state index in [1.807, 2.05) is 66.9 Å². The second-order valence-electron chi connectivity index (χ2n) is 6.56. The normalized spacial score (nSPS) is 10.6. The van der Waals surface area contributed by atoms with Crippen LogP contribution in [-0.4, -0.2) is 40.1 Å². The summed E-state index contributed by atoms with van der Waals surface area (Å²) in [6.07, 6.45) is 0.179. The highest BCUT2D eigenvalue weighted by Gasteiger charge is 2.15. The number of amides is 1. The van der Waals surface area contributed by atoms with Crippen LogP contribution in [0.15, 0.2) is 53.7 Å². The van der Waals surface area contributed by atoms with Crippen molar-refractivity contribution in [2.75, 3.05) is 24.8 Å². The number of thioether (sulfide) groups is 1. The highest BCUT2D eigenvalue weighted by atomic mass is 32.2. The van der Waals surface area contributed by atoms with E-state index >= 15 is 0 Å². The fourth-order valence-corrected chi connectivity index (χ4v) is 3.73. The number of nitrogens with one attached hydrogen (secondary N) is 1. The SMILES string of the molecule is CCn1c(CC(=O)Nc2ccccc2C)nnc1SCCOc1ccc(OC)cc1. The molecule has 3 aromatic rings. The van der Waals surface area contributed by atoms with Gasteiger partial charge in [-0.15, -0.1) is 10.2 Å². The minimum absolute atomic E-state index is 0.106. The van der Waals surface area contributed by atoms with Crippen LogP contribution in [0, 0.1) is 6.92 Å². The highest BCUT2D eigenvalue weighted by Crippen LogP contribution is 2.20. The van der Waals surface area contributed by atoms with Crippen molar-refractivity contribution < 1.29 is 14.3 Å². The molecular formula is C22H26N4O3S. The van der Waals surface area contributed by atoms with Gasteiger partial charge < -0.3 is 19.4 Å². The van der Waals surface area contributed by atoms with Crippen LogP contribution in [0.5, 0.6) is 11.5 Å². The number of methoxy groups -OCH3 is 1. The molecular weight excluding hydrogens is 400 g/mol. The Labute approximate surface area is 180 Å². The Morgan fingerprint density at radius 3 is 2.53 bits per heavy atom. The lowest BCUT2D eigenvalue weighted by atomic mass is 10.2. The summed E-state index contributed by atoms with van der Waals surface area (Å²) in [7, 11) is 1.64. The third-order valence-corrected chi connectivity index (χ3v) is 5.42. The minimum atomic E-state index is -0.106. The molecule has 0 aliphatic heterocycles. The van der Waals surface area contributed by atoms with E-state index in [0.717, 1.165) is 33.7 Å². The zero-order chi connectivity index (χ0) is 21.3. The Hall–Kier alpha value is -3.00. The quantitative estimate of drug-likeness (QED) is 0.390. The van der Waals surface area contributed by atoms with Gasteiger partial charge in [-0.1, -0.05) is 30.0 Å². The molecule has 0 saturated heterocycles. The topological polar surface area (TPSA) is 78.3 Å². The van der Waals surface area contributed by atoms with Gasteiger partial charge in [-0.25, -0.2) is 0 Å². The van der Waals surface area contributed by atoms with Crippen molar-refractivity contribution in [2.24, 2.45) is 0 Å². The Balaban J connectivity index is 1.51. The molecule has 0 bridgehead atoms. The molecule has 0 atom stereocenters. The Bertz CT molecular complexity index is 973. The first-order chi connectivity index (χ1) is 14.6. The zero-order valence-corrected chi connectivity index (χ0v) is 18.2. The average Bonchev–Trinajstić information content (AvgIpc) is 3.14. The number of benzene rings is 2. The largest absolute Gasteiger partial charge is 0.497 e. The van der Waals surface area contributed by atoms with Crippen LogP contribution in [0.25, 0.3) is 0 Å². The van der Waals surface area contributed by atoms with Crippen LogP contribution in [0.4, 0.5) is 5.69 Å². The molecule has 1 aromatic heterocycles. The van der Waals surface area contributed by atoms with Crippen LogP contribution in [-0.2, 0) is 17.8 Å². The summed E-state index contributed by atoms with van der Waals surface area (Å²) in [5, 5.41) is 12.2. The number of nitrogens with zero attached hydrogens (tertiary/aromatic N) is 3. The van der Waals surface area contributed by atoms with Gasteiger partial charge in [0.25, 0.3) is 0 Å². The minimum Gasteiger partial charge on any atom is -0.497 e. The number of carbonyl (C=O) groups excluding carboxylic acids is 1. The number of aromatic nitrogens is 3. The third-order valence-electron chi connectivity index (χ3n) is 4.49. The molecule has 0 aliphatic carbocycles. The molecule has 3 rings (SSSR count). The maximum Gasteiger partial charge on any atom is 0.232 e. The average molecular weight is 427 g/mol. The Morgan fingerprint density at radius 2 is 1.83 bits per heavy atom. The monoisotopic (exact) mass is 426 g/mol. The van der Waals surface area contributed by atoms with Crippen LogP contribution in [0.2, 0.25) is 0 Å². The molecule has 0 fully saturated rings. The summed E-state index contributed by atoms with van der Waals surface area (Å²) in [6.45, 7) is 5.22. The van der Waals surface area contributed by atoms with E-state index in [1.165, 1.54) is 0 Å². The maximum atomic E-state index is 12.4. The van der Waals surface area contributed by atoms with E-state index < -0.39 is 0 Å². The van der Waals surface area contributed by atoms with Gasteiger partial charge in [0.2, 0.25) is 5.91 Å². The van der Waals surface area contributed by atoms with Gasteiger partial charge in [-0.2, -0.15) is 0 Å². The predicted octanol–water partition coefficient (Wildman–Crippen LogP) is 3.97. The first-order valence-corrected chi connectivity index (χ1v) is 10.8. The van der Waals surface area contributed by atoms with Crippen LogP contribution < -0.4 is 14.8 Å². The van der Waals surface area contributed by atoms with Crippen LogP contribution in [0.1, 0.15) is 18.3 Å². The molecule has 158 valence electrons. The van der Waals surface area contributed by atoms with E-state index in [2.05, 4.69) is 15.5 Å². The van der Waals surface area contributed by atoms with E-state index in [-0.39, 0.29) is 12.3 Å². The molecule has 1 amide bonds. The molecule has 0 saturated carbocycles. The van der Waals surface area contributed by atoms with Crippen LogP contribution in [0.3, 0.4) is 0 Å². The summed E-state index contributed by atoms with van der Waals surface area (Å²) in [5.41, 5.74) is 1.84. The number of anilines is 1. The van der Waals surface area contributed by atoms with Crippen molar-refractivity contribution in [2.45, 2.75) is 32.0 Å². The first kappa shape index (κ1) is 21.7. The van der Waals surface area contributed by atoms with E-state index in [0.29, 0.717) is 19.0 Å². The molecule has 1 heterocycles. The van der Waals surface area contributed by atoms with E-state index in [4.69, 9.17) is 9.47 Å². The van der Waals surface area contributed by atoms with Crippen molar-refractivity contribution in [3.8, 4) is 11.5 Å². The number of hydrogen-bond acceptors (Lipinski definition) is 6. The molecule has 0 aliphatic rings. The summed E-state index contributed by atoms with van der Waals surface area (Å²) in [6, 6.07) is 15.2. The molecule has 0 spiro atoms. The van der Waals surface area contributed by atoms with Crippen molar-refractivity contribution in [3.05, 3.63) is 59.9 Å². The molecule has 0 unspecified atom stereocenters. The van der Waals surface area contributed by atoms with Crippen molar-refractivity contribution in [1.82, 2.24) is 14.8 Å². The predicted molar refractivity (Wildman–Crippen MR) is 118 cm³/mol. The van der Waals surface area contributed by atoms with Gasteiger partial charge in [0.1, 0.15) is 17.3 Å². The lowest BCUT2D eigenvalue weighted by Gasteiger charge is -2.10. The lowest BCUT2D eigenvalue weighted by molar-refractivity contribution is -0.115. The van der Waals surface area contributed by atoms with Gasteiger partial charge in [-0.05, 0) is 49.7 Å². The molecule has 30 heavy (non-hydrogen) atoms. The number of para-hydroxylation sites is 1. The number of rotatable bonds is 10. The summed E-state index contributed by atoms with van der Waals surface area (Å²) < 4.78 is 12.9. The van der Waals surface area contributed by atoms with E-state index in [9.17, 15) is 4.79 Å². The van der Waals surface area contributed by atoms with Crippen molar-refractivity contribution in [1.29, 1.82) is 0 Å². The Kier molecular flexibility index (Phi) is 7.73. The van der Waals surface area contributed by atoms with Gasteiger partial charge in [0.05, 0.1) is 20.1 Å². The molecule has 0 radical (unpaired) electrons. The number of ether oxygens (including phenoxy) is 2. The summed E-state index contributed by atoms with van der Waals surface area (Å²) >= 11 is 1.56. The van der Waals surface area contributed by atoms with Crippen LogP contribution >= 0.6 is 11.8 Å². The first-order valence-electron chi connectivity index (χ1n) is 9.78. The smallest absolute Gasteiger partial charge is 0.232 e. The zero-order valence-electron chi connectivity index (χ0n) is 17.4. The van der Waals surface area contributed by atoms with Gasteiger partial charge >= 0.3 is 0 Å². The Morgan fingerprint density at radius 1 is 1.10 bits per heavy atom. The van der Waals surface area contributed by atoms with Crippen molar-refractivity contribution in [3.63, 3.8) is 0 Å². The molecule has 7 nitrogen and oxygen atoms in total.